The topological polar surface area (TPSA) is 102 Å². The maximum atomic E-state index is 12.0. The number of benzene rings is 1. The van der Waals surface area contributed by atoms with Gasteiger partial charge in [0.25, 0.3) is 0 Å². The smallest absolute Gasteiger partial charge is 0.221 e. The number of anilines is 1. The van der Waals surface area contributed by atoms with Gasteiger partial charge in [-0.15, -0.1) is 0 Å². The van der Waals surface area contributed by atoms with Gasteiger partial charge in [0, 0.05) is 38.8 Å². The lowest BCUT2D eigenvalue weighted by atomic mass is 10.3. The molecule has 0 fully saturated rings. The molecule has 0 saturated carbocycles. The van der Waals surface area contributed by atoms with Crippen molar-refractivity contribution in [1.29, 1.82) is 0 Å². The molecule has 1 aromatic rings. The zero-order valence-electron chi connectivity index (χ0n) is 12.2. The fraction of sp³-hybridized carbons (Fsp3) is 0.462. The summed E-state index contributed by atoms with van der Waals surface area (Å²) in [6.07, 6.45) is 0.127. The number of hydrogen-bond acceptors (Lipinski definition) is 5. The summed E-state index contributed by atoms with van der Waals surface area (Å²) in [5.74, 6) is 0.165. The van der Waals surface area contributed by atoms with Gasteiger partial charge in [0.15, 0.2) is 0 Å². The molecule has 0 heterocycles. The summed E-state index contributed by atoms with van der Waals surface area (Å²) < 4.78 is 30.5. The van der Waals surface area contributed by atoms with E-state index < -0.39 is 10.0 Å². The molecule has 7 nitrogen and oxygen atoms in total. The minimum atomic E-state index is -3.45. The maximum absolute atomic E-state index is 12.0. The van der Waals surface area contributed by atoms with Crippen LogP contribution in [0.15, 0.2) is 24.3 Å². The SMILES string of the molecule is CNC(=O)CCN(C)S(=O)(=O)CCOc1cccc(N)c1. The van der Waals surface area contributed by atoms with E-state index in [0.717, 1.165) is 4.31 Å². The Hall–Kier alpha value is -1.80. The lowest BCUT2D eigenvalue weighted by Gasteiger charge is -2.16. The van der Waals surface area contributed by atoms with Gasteiger partial charge in [0.05, 0.1) is 5.75 Å². The molecule has 0 spiro atoms. The van der Waals surface area contributed by atoms with Crippen LogP contribution in [0.4, 0.5) is 5.69 Å². The fourth-order valence-corrected chi connectivity index (χ4v) is 2.52. The second kappa shape index (κ2) is 7.84. The molecule has 0 atom stereocenters. The van der Waals surface area contributed by atoms with Crippen molar-refractivity contribution < 1.29 is 17.9 Å². The van der Waals surface area contributed by atoms with Crippen molar-refractivity contribution in [3.63, 3.8) is 0 Å². The predicted octanol–water partition coefficient (Wildman–Crippen LogP) is 0.0453. The molecule has 118 valence electrons. The zero-order valence-corrected chi connectivity index (χ0v) is 13.0. The summed E-state index contributed by atoms with van der Waals surface area (Å²) in [5, 5.41) is 2.44. The van der Waals surface area contributed by atoms with E-state index >= 15 is 0 Å². The van der Waals surface area contributed by atoms with Gasteiger partial charge in [-0.25, -0.2) is 12.7 Å². The Bertz CT molecular complexity index is 575. The van der Waals surface area contributed by atoms with E-state index in [0.29, 0.717) is 11.4 Å². The van der Waals surface area contributed by atoms with Crippen LogP contribution < -0.4 is 15.8 Å². The summed E-state index contributed by atoms with van der Waals surface area (Å²) in [6.45, 7) is 0.163. The van der Waals surface area contributed by atoms with Gasteiger partial charge in [-0.05, 0) is 12.1 Å². The van der Waals surface area contributed by atoms with Crippen molar-refractivity contribution in [3.8, 4) is 5.75 Å². The lowest BCUT2D eigenvalue weighted by molar-refractivity contribution is -0.120. The van der Waals surface area contributed by atoms with Crippen molar-refractivity contribution >= 4 is 21.6 Å². The summed E-state index contributed by atoms with van der Waals surface area (Å²) in [5.41, 5.74) is 6.15. The molecule has 0 unspecified atom stereocenters. The van der Waals surface area contributed by atoms with Crippen LogP contribution in [0.1, 0.15) is 6.42 Å². The summed E-state index contributed by atoms with van der Waals surface area (Å²) in [7, 11) is -0.494. The Kier molecular flexibility index (Phi) is 6.44. The van der Waals surface area contributed by atoms with Crippen LogP contribution in [-0.4, -0.2) is 51.6 Å². The molecule has 0 saturated heterocycles. The number of rotatable bonds is 8. The van der Waals surface area contributed by atoms with Crippen LogP contribution in [0.2, 0.25) is 0 Å². The molecule has 0 aliphatic rings. The van der Waals surface area contributed by atoms with Gasteiger partial charge in [-0.1, -0.05) is 6.07 Å². The molecule has 8 heteroatoms. The van der Waals surface area contributed by atoms with Crippen molar-refractivity contribution in [2.75, 3.05) is 38.7 Å². The average Bonchev–Trinajstić information content (AvgIpc) is 2.44. The average molecular weight is 315 g/mol. The molecule has 0 radical (unpaired) electrons. The number of amides is 1. The van der Waals surface area contributed by atoms with E-state index in [9.17, 15) is 13.2 Å². The Balaban J connectivity index is 2.43. The van der Waals surface area contributed by atoms with Crippen LogP contribution in [0.5, 0.6) is 5.75 Å². The molecule has 0 aliphatic heterocycles. The number of carbonyl (C=O) groups excluding carboxylic acids is 1. The Morgan fingerprint density at radius 1 is 1.43 bits per heavy atom. The summed E-state index contributed by atoms with van der Waals surface area (Å²) in [4.78, 5) is 11.1. The standard InChI is InChI=1S/C13H21N3O4S/c1-15-13(17)6-7-16(2)21(18,19)9-8-20-12-5-3-4-11(14)10-12/h3-5,10H,6-9,14H2,1-2H3,(H,15,17). The van der Waals surface area contributed by atoms with E-state index in [4.69, 9.17) is 10.5 Å². The molecule has 0 aliphatic carbocycles. The minimum Gasteiger partial charge on any atom is -0.492 e. The van der Waals surface area contributed by atoms with E-state index in [1.165, 1.54) is 14.1 Å². The highest BCUT2D eigenvalue weighted by Gasteiger charge is 2.18. The van der Waals surface area contributed by atoms with Gasteiger partial charge in [0.2, 0.25) is 15.9 Å². The third-order valence-corrected chi connectivity index (χ3v) is 4.69. The fourth-order valence-electron chi connectivity index (χ4n) is 1.55. The number of nitrogens with two attached hydrogens (primary N) is 1. The molecule has 0 bridgehead atoms. The van der Waals surface area contributed by atoms with Crippen molar-refractivity contribution in [3.05, 3.63) is 24.3 Å². The molecule has 1 amide bonds. The van der Waals surface area contributed by atoms with Crippen LogP contribution in [0.3, 0.4) is 0 Å². The molecule has 1 aromatic carbocycles. The first kappa shape index (κ1) is 17.3. The molecular formula is C13H21N3O4S. The molecular weight excluding hydrogens is 294 g/mol. The number of carbonyl (C=O) groups is 1. The Morgan fingerprint density at radius 2 is 2.14 bits per heavy atom. The molecule has 1 rings (SSSR count). The van der Waals surface area contributed by atoms with E-state index in [-0.39, 0.29) is 31.2 Å². The molecule has 21 heavy (non-hydrogen) atoms. The number of nitrogens with one attached hydrogen (secondary N) is 1. The van der Waals surface area contributed by atoms with Crippen LogP contribution >= 0.6 is 0 Å². The van der Waals surface area contributed by atoms with E-state index in [2.05, 4.69) is 5.32 Å². The Labute approximate surface area is 125 Å². The van der Waals surface area contributed by atoms with Crippen LogP contribution in [0, 0.1) is 0 Å². The Morgan fingerprint density at radius 3 is 2.76 bits per heavy atom. The normalized spacial score (nSPS) is 11.4. The second-order valence-corrected chi connectivity index (χ2v) is 6.68. The van der Waals surface area contributed by atoms with Crippen LogP contribution in [0.25, 0.3) is 0 Å². The third kappa shape index (κ3) is 6.01. The lowest BCUT2D eigenvalue weighted by Crippen LogP contribution is -2.34. The first-order valence-corrected chi connectivity index (χ1v) is 8.09. The first-order valence-electron chi connectivity index (χ1n) is 6.48. The van der Waals surface area contributed by atoms with Gasteiger partial charge in [-0.3, -0.25) is 4.79 Å². The van der Waals surface area contributed by atoms with Crippen molar-refractivity contribution in [2.45, 2.75) is 6.42 Å². The highest BCUT2D eigenvalue weighted by molar-refractivity contribution is 7.89. The van der Waals surface area contributed by atoms with Crippen LogP contribution in [-0.2, 0) is 14.8 Å². The second-order valence-electron chi connectivity index (χ2n) is 4.48. The number of sulfonamides is 1. The quantitative estimate of drug-likeness (QED) is 0.660. The minimum absolute atomic E-state index is 0.0239. The number of nitrogens with zero attached hydrogens (tertiary/aromatic N) is 1. The van der Waals surface area contributed by atoms with E-state index in [1.54, 1.807) is 24.3 Å². The van der Waals surface area contributed by atoms with E-state index in [1.807, 2.05) is 0 Å². The van der Waals surface area contributed by atoms with Crippen molar-refractivity contribution in [2.24, 2.45) is 0 Å². The largest absolute Gasteiger partial charge is 0.492 e. The maximum Gasteiger partial charge on any atom is 0.221 e. The number of hydrogen-bond donors (Lipinski definition) is 2. The summed E-state index contributed by atoms with van der Waals surface area (Å²) in [6, 6.07) is 6.78. The summed E-state index contributed by atoms with van der Waals surface area (Å²) >= 11 is 0. The number of nitrogen functional groups attached to an aromatic ring is 1. The number of ether oxygens (including phenoxy) is 1. The first-order chi connectivity index (χ1) is 9.85. The molecule has 0 aromatic heterocycles. The zero-order chi connectivity index (χ0) is 15.9. The monoisotopic (exact) mass is 315 g/mol. The van der Waals surface area contributed by atoms with Gasteiger partial charge >= 0.3 is 0 Å². The highest BCUT2D eigenvalue weighted by atomic mass is 32.2. The third-order valence-electron chi connectivity index (χ3n) is 2.88. The molecule has 3 N–H and O–H groups in total. The van der Waals surface area contributed by atoms with Gasteiger partial charge in [0.1, 0.15) is 12.4 Å². The van der Waals surface area contributed by atoms with Gasteiger partial charge in [-0.2, -0.15) is 0 Å². The van der Waals surface area contributed by atoms with Crippen molar-refractivity contribution in [1.82, 2.24) is 9.62 Å². The predicted molar refractivity (Wildman–Crippen MR) is 81.4 cm³/mol. The van der Waals surface area contributed by atoms with Gasteiger partial charge < -0.3 is 15.8 Å². The highest BCUT2D eigenvalue weighted by Crippen LogP contribution is 2.14.